The number of hydrogen-bond acceptors (Lipinski definition) is 5. The zero-order chi connectivity index (χ0) is 17.0. The van der Waals surface area contributed by atoms with Crippen LogP contribution in [0.15, 0.2) is 12.1 Å². The molecular formula is C17H28N2O3S. The van der Waals surface area contributed by atoms with Crippen LogP contribution in [-0.4, -0.2) is 48.9 Å². The number of nitrogens with zero attached hydrogens (tertiary/aromatic N) is 1. The lowest BCUT2D eigenvalue weighted by Crippen LogP contribution is -2.54. The number of carbonyl (C=O) groups is 1. The van der Waals surface area contributed by atoms with Crippen LogP contribution in [0.1, 0.15) is 43.5 Å². The zero-order valence-electron chi connectivity index (χ0n) is 14.7. The molecule has 1 aromatic heterocycles. The van der Waals surface area contributed by atoms with E-state index in [4.69, 9.17) is 9.47 Å². The molecule has 1 aliphatic rings. The van der Waals surface area contributed by atoms with Gasteiger partial charge in [-0.15, -0.1) is 11.3 Å². The van der Waals surface area contributed by atoms with Gasteiger partial charge in [0.05, 0.1) is 19.3 Å². The molecule has 2 unspecified atom stereocenters. The summed E-state index contributed by atoms with van der Waals surface area (Å²) >= 11 is 1.80. The Balaban J connectivity index is 1.92. The van der Waals surface area contributed by atoms with Crippen molar-refractivity contribution in [1.29, 1.82) is 0 Å². The van der Waals surface area contributed by atoms with E-state index in [1.165, 1.54) is 9.75 Å². The standard InChI is InChI=1S/C17H28N2O3S/c1-12-6-7-15(23-12)13(2)18-10-14-11-21-9-8-19(14)16(20)22-17(3,4)5/h6-7,13-14,18H,8-11H2,1-5H3. The Morgan fingerprint density at radius 2 is 2.26 bits per heavy atom. The molecule has 1 amide bonds. The Labute approximate surface area is 143 Å². The average Bonchev–Trinajstić information content (AvgIpc) is 2.90. The van der Waals surface area contributed by atoms with Crippen molar-refractivity contribution in [3.05, 3.63) is 21.9 Å². The summed E-state index contributed by atoms with van der Waals surface area (Å²) < 4.78 is 11.1. The largest absolute Gasteiger partial charge is 0.444 e. The first-order chi connectivity index (χ1) is 10.8. The number of carbonyl (C=O) groups excluding carboxylic acids is 1. The topological polar surface area (TPSA) is 50.8 Å². The molecule has 1 saturated heterocycles. The van der Waals surface area contributed by atoms with Crippen LogP contribution < -0.4 is 5.32 Å². The van der Waals surface area contributed by atoms with Gasteiger partial charge in [0, 0.05) is 28.9 Å². The summed E-state index contributed by atoms with van der Waals surface area (Å²) in [5.41, 5.74) is -0.477. The van der Waals surface area contributed by atoms with E-state index in [1.54, 1.807) is 16.2 Å². The van der Waals surface area contributed by atoms with Gasteiger partial charge in [0.25, 0.3) is 0 Å². The van der Waals surface area contributed by atoms with Crippen molar-refractivity contribution in [3.8, 4) is 0 Å². The van der Waals surface area contributed by atoms with Crippen molar-refractivity contribution in [2.24, 2.45) is 0 Å². The highest BCUT2D eigenvalue weighted by atomic mass is 32.1. The number of hydrogen-bond donors (Lipinski definition) is 1. The Morgan fingerprint density at radius 3 is 2.87 bits per heavy atom. The van der Waals surface area contributed by atoms with Crippen molar-refractivity contribution in [1.82, 2.24) is 10.2 Å². The number of nitrogens with one attached hydrogen (secondary N) is 1. The van der Waals surface area contributed by atoms with Gasteiger partial charge in [0.15, 0.2) is 0 Å². The van der Waals surface area contributed by atoms with Crippen LogP contribution in [0.3, 0.4) is 0 Å². The van der Waals surface area contributed by atoms with Gasteiger partial charge in [0.1, 0.15) is 5.60 Å². The summed E-state index contributed by atoms with van der Waals surface area (Å²) in [4.78, 5) is 16.8. The Bertz CT molecular complexity index is 524. The fraction of sp³-hybridized carbons (Fsp3) is 0.706. The van der Waals surface area contributed by atoms with Gasteiger partial charge in [-0.3, -0.25) is 4.90 Å². The van der Waals surface area contributed by atoms with E-state index in [9.17, 15) is 4.79 Å². The van der Waals surface area contributed by atoms with Crippen LogP contribution in [0.4, 0.5) is 4.79 Å². The highest BCUT2D eigenvalue weighted by Gasteiger charge is 2.31. The van der Waals surface area contributed by atoms with Crippen molar-refractivity contribution in [2.75, 3.05) is 26.3 Å². The third-order valence-electron chi connectivity index (χ3n) is 3.70. The molecule has 0 bridgehead atoms. The summed E-state index contributed by atoms with van der Waals surface area (Å²) in [5, 5.41) is 3.51. The van der Waals surface area contributed by atoms with Crippen LogP contribution in [0.25, 0.3) is 0 Å². The quantitative estimate of drug-likeness (QED) is 0.913. The summed E-state index contributed by atoms with van der Waals surface area (Å²) in [6.45, 7) is 12.3. The lowest BCUT2D eigenvalue weighted by atomic mass is 10.2. The fourth-order valence-electron chi connectivity index (χ4n) is 2.48. The molecule has 0 radical (unpaired) electrons. The lowest BCUT2D eigenvalue weighted by Gasteiger charge is -2.37. The van der Waals surface area contributed by atoms with E-state index >= 15 is 0 Å². The third kappa shape index (κ3) is 5.48. The molecule has 2 atom stereocenters. The SMILES string of the molecule is Cc1ccc(C(C)NCC2COCCN2C(=O)OC(C)(C)C)s1. The van der Waals surface area contributed by atoms with Crippen LogP contribution in [0, 0.1) is 6.92 Å². The van der Waals surface area contributed by atoms with Gasteiger partial charge in [-0.05, 0) is 46.8 Å². The number of ether oxygens (including phenoxy) is 2. The van der Waals surface area contributed by atoms with E-state index < -0.39 is 5.60 Å². The third-order valence-corrected chi connectivity index (χ3v) is 4.89. The first-order valence-electron chi connectivity index (χ1n) is 8.13. The lowest BCUT2D eigenvalue weighted by molar-refractivity contribution is -0.0321. The number of aryl methyl sites for hydroxylation is 1. The normalized spacial score (nSPS) is 20.4. The van der Waals surface area contributed by atoms with E-state index in [0.717, 1.165) is 0 Å². The molecule has 130 valence electrons. The summed E-state index contributed by atoms with van der Waals surface area (Å²) in [6.07, 6.45) is -0.257. The van der Waals surface area contributed by atoms with Gasteiger partial charge in [-0.25, -0.2) is 4.79 Å². The number of thiophene rings is 1. The van der Waals surface area contributed by atoms with Gasteiger partial charge in [0.2, 0.25) is 0 Å². The van der Waals surface area contributed by atoms with Crippen molar-refractivity contribution < 1.29 is 14.3 Å². The first-order valence-corrected chi connectivity index (χ1v) is 8.95. The Morgan fingerprint density at radius 1 is 1.52 bits per heavy atom. The second-order valence-electron chi connectivity index (χ2n) is 6.98. The second kappa shape index (κ2) is 7.64. The monoisotopic (exact) mass is 340 g/mol. The van der Waals surface area contributed by atoms with Crippen LogP contribution in [0.2, 0.25) is 0 Å². The number of rotatable bonds is 4. The van der Waals surface area contributed by atoms with Crippen LogP contribution >= 0.6 is 11.3 Å². The summed E-state index contributed by atoms with van der Waals surface area (Å²) in [7, 11) is 0. The fourth-order valence-corrected chi connectivity index (χ4v) is 3.39. The Hall–Kier alpha value is -1.11. The summed E-state index contributed by atoms with van der Waals surface area (Å²) in [6, 6.07) is 4.55. The molecule has 0 spiro atoms. The summed E-state index contributed by atoms with van der Waals surface area (Å²) in [5.74, 6) is 0. The van der Waals surface area contributed by atoms with E-state index in [2.05, 4.69) is 31.3 Å². The predicted octanol–water partition coefficient (Wildman–Crippen LogP) is 3.34. The molecule has 1 aromatic rings. The maximum atomic E-state index is 12.4. The highest BCUT2D eigenvalue weighted by molar-refractivity contribution is 7.12. The van der Waals surface area contributed by atoms with E-state index in [1.807, 2.05) is 20.8 Å². The van der Waals surface area contributed by atoms with Gasteiger partial charge in [-0.1, -0.05) is 0 Å². The molecule has 1 fully saturated rings. The molecule has 6 heteroatoms. The molecule has 23 heavy (non-hydrogen) atoms. The molecule has 0 aliphatic carbocycles. The highest BCUT2D eigenvalue weighted by Crippen LogP contribution is 2.22. The van der Waals surface area contributed by atoms with Crippen LogP contribution in [0.5, 0.6) is 0 Å². The number of amides is 1. The zero-order valence-corrected chi connectivity index (χ0v) is 15.5. The Kier molecular flexibility index (Phi) is 6.06. The van der Waals surface area contributed by atoms with Crippen LogP contribution in [-0.2, 0) is 9.47 Å². The molecular weight excluding hydrogens is 312 g/mol. The molecule has 5 nitrogen and oxygen atoms in total. The molecule has 1 N–H and O–H groups in total. The van der Waals surface area contributed by atoms with Gasteiger partial charge in [-0.2, -0.15) is 0 Å². The molecule has 0 saturated carbocycles. The van der Waals surface area contributed by atoms with E-state index in [0.29, 0.717) is 26.3 Å². The predicted molar refractivity (Wildman–Crippen MR) is 93.0 cm³/mol. The molecule has 0 aromatic carbocycles. The van der Waals surface area contributed by atoms with Crippen molar-refractivity contribution in [3.63, 3.8) is 0 Å². The van der Waals surface area contributed by atoms with Gasteiger partial charge >= 0.3 is 6.09 Å². The molecule has 1 aliphatic heterocycles. The van der Waals surface area contributed by atoms with E-state index in [-0.39, 0.29) is 18.2 Å². The van der Waals surface area contributed by atoms with Crippen molar-refractivity contribution >= 4 is 17.4 Å². The average molecular weight is 340 g/mol. The number of morpholine rings is 1. The minimum Gasteiger partial charge on any atom is -0.444 e. The van der Waals surface area contributed by atoms with Crippen molar-refractivity contribution in [2.45, 2.75) is 52.3 Å². The molecule has 2 heterocycles. The maximum Gasteiger partial charge on any atom is 0.410 e. The smallest absolute Gasteiger partial charge is 0.410 e. The second-order valence-corrected chi connectivity index (χ2v) is 8.30. The molecule has 2 rings (SSSR count). The minimum absolute atomic E-state index is 0.00195. The maximum absolute atomic E-state index is 12.4. The first kappa shape index (κ1) is 18.2. The minimum atomic E-state index is -0.477. The van der Waals surface area contributed by atoms with Gasteiger partial charge < -0.3 is 14.8 Å².